The van der Waals surface area contributed by atoms with Crippen LogP contribution in [0.3, 0.4) is 0 Å². The number of nitrogens with one attached hydrogen (secondary N) is 5. The summed E-state index contributed by atoms with van der Waals surface area (Å²) in [7, 11) is 1.48. The number of aromatic nitrogens is 3. The van der Waals surface area contributed by atoms with Crippen LogP contribution in [0.25, 0.3) is 5.57 Å². The highest BCUT2D eigenvalue weighted by Gasteiger charge is 2.39. The highest BCUT2D eigenvalue weighted by Crippen LogP contribution is 2.40. The van der Waals surface area contributed by atoms with Gasteiger partial charge in [0.15, 0.2) is 5.01 Å². The number of halogens is 2. The van der Waals surface area contributed by atoms with Crippen molar-refractivity contribution < 1.29 is 13.6 Å². The number of carbonyl (C=O) groups is 1. The minimum Gasteiger partial charge on any atom is -0.397 e. The van der Waals surface area contributed by atoms with Crippen molar-refractivity contribution in [2.75, 3.05) is 12.4 Å². The SMILES string of the molecule is CNc1nc(C(F)(F)C(N)=CC=N)sc1/C(C=N)=C/C(=O)NCc1ccn[nH]1. The number of hydrogen-bond acceptors (Lipinski definition) is 8. The minimum atomic E-state index is -3.60. The fraction of sp³-hybridized carbons (Fsp3) is 0.188. The number of nitrogens with zero attached hydrogens (tertiary/aromatic N) is 2. The number of thiazole rings is 1. The first-order chi connectivity index (χ1) is 13.3. The molecule has 0 aliphatic heterocycles. The third-order valence-corrected chi connectivity index (χ3v) is 4.65. The van der Waals surface area contributed by atoms with Gasteiger partial charge in [-0.2, -0.15) is 13.9 Å². The number of H-pyrrole nitrogens is 1. The number of anilines is 1. The summed E-state index contributed by atoms with van der Waals surface area (Å²) in [5.41, 5.74) is 5.29. The normalized spacial score (nSPS) is 12.5. The Labute approximate surface area is 162 Å². The van der Waals surface area contributed by atoms with Crippen molar-refractivity contribution in [1.82, 2.24) is 20.5 Å². The Morgan fingerprint density at radius 1 is 1.46 bits per heavy atom. The molecule has 2 aromatic heterocycles. The molecule has 12 heteroatoms. The van der Waals surface area contributed by atoms with E-state index in [0.717, 1.165) is 18.4 Å². The Hall–Kier alpha value is -3.41. The van der Waals surface area contributed by atoms with Crippen LogP contribution in [0.4, 0.5) is 14.6 Å². The maximum absolute atomic E-state index is 14.4. The Bertz CT molecular complexity index is 917. The second-order valence-corrected chi connectivity index (χ2v) is 6.35. The Morgan fingerprint density at radius 3 is 2.79 bits per heavy atom. The van der Waals surface area contributed by atoms with Gasteiger partial charge in [0.2, 0.25) is 5.91 Å². The van der Waals surface area contributed by atoms with Crippen molar-refractivity contribution in [1.29, 1.82) is 10.8 Å². The first-order valence-corrected chi connectivity index (χ1v) is 8.67. The van der Waals surface area contributed by atoms with Crippen LogP contribution in [0, 0.1) is 10.8 Å². The van der Waals surface area contributed by atoms with Crippen molar-refractivity contribution in [2.24, 2.45) is 5.73 Å². The van der Waals surface area contributed by atoms with Crippen LogP contribution in [0.15, 0.2) is 30.1 Å². The van der Waals surface area contributed by atoms with Gasteiger partial charge in [0.05, 0.1) is 22.8 Å². The van der Waals surface area contributed by atoms with E-state index in [1.165, 1.54) is 13.2 Å². The Morgan fingerprint density at radius 2 is 2.21 bits per heavy atom. The molecule has 7 N–H and O–H groups in total. The number of amides is 1. The van der Waals surface area contributed by atoms with Crippen molar-refractivity contribution in [3.63, 3.8) is 0 Å². The molecule has 0 spiro atoms. The second kappa shape index (κ2) is 8.99. The van der Waals surface area contributed by atoms with Gasteiger partial charge in [0.25, 0.3) is 0 Å². The van der Waals surface area contributed by atoms with Crippen molar-refractivity contribution in [3.05, 3.63) is 45.7 Å². The monoisotopic (exact) mass is 408 g/mol. The van der Waals surface area contributed by atoms with Crippen molar-refractivity contribution in [2.45, 2.75) is 12.5 Å². The molecule has 0 bridgehead atoms. The largest absolute Gasteiger partial charge is 0.397 e. The zero-order valence-electron chi connectivity index (χ0n) is 14.7. The number of rotatable bonds is 9. The number of carbonyl (C=O) groups excluding carboxylic acids is 1. The molecule has 1 amide bonds. The van der Waals surface area contributed by atoms with Gasteiger partial charge in [-0.25, -0.2) is 4.98 Å². The van der Waals surface area contributed by atoms with Crippen LogP contribution < -0.4 is 16.4 Å². The van der Waals surface area contributed by atoms with Crippen LogP contribution >= 0.6 is 11.3 Å². The molecule has 9 nitrogen and oxygen atoms in total. The molecule has 0 aliphatic rings. The van der Waals surface area contributed by atoms with E-state index in [1.54, 1.807) is 6.07 Å². The minimum absolute atomic E-state index is 0.0819. The van der Waals surface area contributed by atoms with E-state index in [2.05, 4.69) is 25.8 Å². The van der Waals surface area contributed by atoms with Gasteiger partial charge in [0.1, 0.15) is 5.82 Å². The lowest BCUT2D eigenvalue weighted by Gasteiger charge is -2.12. The summed E-state index contributed by atoms with van der Waals surface area (Å²) < 4.78 is 28.9. The second-order valence-electron chi connectivity index (χ2n) is 5.35. The molecule has 0 atom stereocenters. The van der Waals surface area contributed by atoms with Gasteiger partial charge in [0, 0.05) is 37.3 Å². The average Bonchev–Trinajstić information content (AvgIpc) is 3.34. The summed E-state index contributed by atoms with van der Waals surface area (Å²) >= 11 is 0.600. The van der Waals surface area contributed by atoms with Gasteiger partial charge in [-0.15, -0.1) is 11.3 Å². The van der Waals surface area contributed by atoms with E-state index in [9.17, 15) is 13.6 Å². The molecule has 0 saturated heterocycles. The van der Waals surface area contributed by atoms with Gasteiger partial charge in [-0.1, -0.05) is 0 Å². The molecule has 0 aromatic carbocycles. The van der Waals surface area contributed by atoms with Crippen molar-refractivity contribution >= 4 is 41.1 Å². The van der Waals surface area contributed by atoms with Crippen LogP contribution in [0.5, 0.6) is 0 Å². The standard InChI is InChI=1S/C16H18F2N8OS/c1-22-14-13(28-15(25-14)16(17,18)11(21)2-4-19)9(7-20)6-12(27)23-8-10-3-5-24-26-10/h2-7,19-20,22H,8,21H2,1H3,(H,23,27)(H,24,26)/b9-6+,11-2?,19-4?,20-7?. The lowest BCUT2D eigenvalue weighted by atomic mass is 10.2. The third kappa shape index (κ3) is 4.65. The Balaban J connectivity index is 2.31. The molecule has 0 aliphatic carbocycles. The molecule has 0 fully saturated rings. The molecule has 28 heavy (non-hydrogen) atoms. The number of alkyl halides is 2. The van der Waals surface area contributed by atoms with Gasteiger partial charge in [-0.05, 0) is 12.1 Å². The summed E-state index contributed by atoms with van der Waals surface area (Å²) in [4.78, 5) is 16.1. The van der Waals surface area contributed by atoms with Crippen LogP contribution in [-0.2, 0) is 17.3 Å². The van der Waals surface area contributed by atoms with E-state index in [1.807, 2.05) is 0 Å². The number of hydrogen-bond donors (Lipinski definition) is 6. The summed E-state index contributed by atoms with van der Waals surface area (Å²) in [5, 5.41) is 25.6. The average molecular weight is 408 g/mol. The number of nitrogens with two attached hydrogens (primary N) is 1. The van der Waals surface area contributed by atoms with Gasteiger partial charge >= 0.3 is 5.92 Å². The lowest BCUT2D eigenvalue weighted by molar-refractivity contribution is -0.116. The fourth-order valence-electron chi connectivity index (χ4n) is 2.07. The molecule has 2 rings (SSSR count). The highest BCUT2D eigenvalue weighted by atomic mass is 32.1. The first kappa shape index (κ1) is 20.9. The Kier molecular flexibility index (Phi) is 6.71. The fourth-order valence-corrected chi connectivity index (χ4v) is 3.12. The molecule has 2 heterocycles. The molecular formula is C16H18F2N8OS. The van der Waals surface area contributed by atoms with E-state index >= 15 is 0 Å². The number of allylic oxidation sites excluding steroid dienone is 3. The summed E-state index contributed by atoms with van der Waals surface area (Å²) in [6.45, 7) is 0.191. The predicted molar refractivity (Wildman–Crippen MR) is 104 cm³/mol. The van der Waals surface area contributed by atoms with Gasteiger partial charge < -0.3 is 27.2 Å². The van der Waals surface area contributed by atoms with Crippen molar-refractivity contribution in [3.8, 4) is 0 Å². The molecule has 148 valence electrons. The van der Waals surface area contributed by atoms with Crippen LogP contribution in [0.2, 0.25) is 0 Å². The molecule has 0 unspecified atom stereocenters. The smallest absolute Gasteiger partial charge is 0.338 e. The number of aromatic amines is 1. The third-order valence-electron chi connectivity index (χ3n) is 3.47. The topological polar surface area (TPSA) is 156 Å². The lowest BCUT2D eigenvalue weighted by Crippen LogP contribution is -2.23. The molecule has 0 radical (unpaired) electrons. The van der Waals surface area contributed by atoms with Crippen LogP contribution in [-0.4, -0.2) is 40.6 Å². The highest BCUT2D eigenvalue weighted by molar-refractivity contribution is 7.13. The maximum atomic E-state index is 14.4. The summed E-state index contributed by atoms with van der Waals surface area (Å²) in [6.07, 6.45) is 4.97. The maximum Gasteiger partial charge on any atom is 0.338 e. The van der Waals surface area contributed by atoms with Gasteiger partial charge in [-0.3, -0.25) is 9.89 Å². The predicted octanol–water partition coefficient (Wildman–Crippen LogP) is 1.84. The molecule has 2 aromatic rings. The molecule has 0 saturated carbocycles. The van der Waals surface area contributed by atoms with E-state index in [-0.39, 0.29) is 22.8 Å². The van der Waals surface area contributed by atoms with Crippen LogP contribution in [0.1, 0.15) is 15.6 Å². The van der Waals surface area contributed by atoms with E-state index < -0.39 is 22.5 Å². The van der Waals surface area contributed by atoms with E-state index in [4.69, 9.17) is 16.6 Å². The zero-order chi connectivity index (χ0) is 20.7. The first-order valence-electron chi connectivity index (χ1n) is 7.85. The zero-order valence-corrected chi connectivity index (χ0v) is 15.5. The van der Waals surface area contributed by atoms with E-state index in [0.29, 0.717) is 23.2 Å². The summed E-state index contributed by atoms with van der Waals surface area (Å²) in [6, 6.07) is 1.68. The summed E-state index contributed by atoms with van der Waals surface area (Å²) in [5.74, 6) is -4.03. The molecular weight excluding hydrogens is 390 g/mol. The quantitative estimate of drug-likeness (QED) is 0.276.